The van der Waals surface area contributed by atoms with Crippen molar-refractivity contribution in [2.24, 2.45) is 0 Å². The zero-order chi connectivity index (χ0) is 16.2. The van der Waals surface area contributed by atoms with Crippen molar-refractivity contribution >= 4 is 22.4 Å². The van der Waals surface area contributed by atoms with E-state index in [2.05, 4.69) is 49.4 Å². The summed E-state index contributed by atoms with van der Waals surface area (Å²) >= 11 is 1.72. The summed E-state index contributed by atoms with van der Waals surface area (Å²) in [5, 5.41) is 3.25. The van der Waals surface area contributed by atoms with Gasteiger partial charge in [0.25, 0.3) is 0 Å². The van der Waals surface area contributed by atoms with Gasteiger partial charge in [0.15, 0.2) is 5.13 Å². The van der Waals surface area contributed by atoms with Gasteiger partial charge in [0, 0.05) is 49.5 Å². The van der Waals surface area contributed by atoms with Crippen molar-refractivity contribution in [3.8, 4) is 11.3 Å². The molecule has 2 aromatic heterocycles. The van der Waals surface area contributed by atoms with E-state index in [0.717, 1.165) is 49.4 Å². The number of nitrogens with zero attached hydrogens (tertiary/aromatic N) is 5. The van der Waals surface area contributed by atoms with Gasteiger partial charge in [0.05, 0.1) is 5.69 Å². The van der Waals surface area contributed by atoms with Crippen LogP contribution in [0.1, 0.15) is 6.42 Å². The van der Waals surface area contributed by atoms with E-state index in [-0.39, 0.29) is 0 Å². The van der Waals surface area contributed by atoms with E-state index in [4.69, 9.17) is 4.98 Å². The zero-order valence-corrected chi connectivity index (χ0v) is 14.2. The quantitative estimate of drug-likeness (QED) is 0.734. The van der Waals surface area contributed by atoms with E-state index in [1.807, 2.05) is 12.1 Å². The Morgan fingerprint density at radius 3 is 2.42 bits per heavy atom. The third kappa shape index (κ3) is 3.23. The van der Waals surface area contributed by atoms with Crippen molar-refractivity contribution in [1.29, 1.82) is 0 Å². The average molecular weight is 337 g/mol. The molecule has 3 aromatic rings. The van der Waals surface area contributed by atoms with Crippen LogP contribution < -0.4 is 9.80 Å². The molecule has 0 amide bonds. The summed E-state index contributed by atoms with van der Waals surface area (Å²) in [6.07, 6.45) is 4.69. The first kappa shape index (κ1) is 15.1. The van der Waals surface area contributed by atoms with Gasteiger partial charge in [-0.15, -0.1) is 11.3 Å². The van der Waals surface area contributed by atoms with Gasteiger partial charge in [-0.2, -0.15) is 0 Å². The lowest BCUT2D eigenvalue weighted by molar-refractivity contribution is 0.782. The molecule has 0 atom stereocenters. The molecule has 24 heavy (non-hydrogen) atoms. The van der Waals surface area contributed by atoms with Gasteiger partial charge in [-0.05, 0) is 12.5 Å². The number of anilines is 2. The van der Waals surface area contributed by atoms with Crippen LogP contribution in [0.3, 0.4) is 0 Å². The Morgan fingerprint density at radius 1 is 0.833 bits per heavy atom. The number of hydrogen-bond donors (Lipinski definition) is 0. The first-order chi connectivity index (χ1) is 11.9. The predicted molar refractivity (Wildman–Crippen MR) is 98.6 cm³/mol. The maximum atomic E-state index is 4.84. The molecular formula is C18H19N5S. The van der Waals surface area contributed by atoms with Crippen LogP contribution in [-0.4, -0.2) is 41.1 Å². The fourth-order valence-electron chi connectivity index (χ4n) is 2.91. The predicted octanol–water partition coefficient (Wildman–Crippen LogP) is 3.32. The van der Waals surface area contributed by atoms with Gasteiger partial charge >= 0.3 is 0 Å². The first-order valence-corrected chi connectivity index (χ1v) is 9.06. The van der Waals surface area contributed by atoms with Crippen LogP contribution in [0.2, 0.25) is 0 Å². The number of thiazole rings is 1. The second kappa shape index (κ2) is 6.97. The lowest BCUT2D eigenvalue weighted by Gasteiger charge is -2.21. The molecule has 1 fully saturated rings. The fourth-order valence-corrected chi connectivity index (χ4v) is 3.80. The molecule has 3 heterocycles. The van der Waals surface area contributed by atoms with E-state index in [1.54, 1.807) is 23.7 Å². The van der Waals surface area contributed by atoms with Crippen LogP contribution in [-0.2, 0) is 0 Å². The van der Waals surface area contributed by atoms with Crippen LogP contribution in [0, 0.1) is 0 Å². The highest BCUT2D eigenvalue weighted by molar-refractivity contribution is 7.14. The van der Waals surface area contributed by atoms with Gasteiger partial charge in [-0.25, -0.2) is 15.0 Å². The number of aromatic nitrogens is 3. The Balaban J connectivity index is 1.47. The summed E-state index contributed by atoms with van der Waals surface area (Å²) in [6, 6.07) is 12.2. The van der Waals surface area contributed by atoms with Crippen molar-refractivity contribution in [3.63, 3.8) is 0 Å². The monoisotopic (exact) mass is 337 g/mol. The van der Waals surface area contributed by atoms with Crippen LogP contribution in [0.15, 0.2) is 54.2 Å². The summed E-state index contributed by atoms with van der Waals surface area (Å²) in [4.78, 5) is 18.2. The number of rotatable bonds is 3. The van der Waals surface area contributed by atoms with E-state index in [1.165, 1.54) is 5.56 Å². The Labute approximate surface area is 145 Å². The molecule has 0 unspecified atom stereocenters. The highest BCUT2D eigenvalue weighted by atomic mass is 32.1. The molecule has 1 aliphatic rings. The van der Waals surface area contributed by atoms with E-state index >= 15 is 0 Å². The molecule has 4 rings (SSSR count). The fraction of sp³-hybridized carbons (Fsp3) is 0.278. The molecule has 5 nitrogen and oxygen atoms in total. The van der Waals surface area contributed by atoms with Crippen molar-refractivity contribution in [2.45, 2.75) is 6.42 Å². The highest BCUT2D eigenvalue weighted by Crippen LogP contribution is 2.28. The third-order valence-electron chi connectivity index (χ3n) is 4.16. The van der Waals surface area contributed by atoms with Crippen LogP contribution in [0.5, 0.6) is 0 Å². The standard InChI is InChI=1S/C18H19N5S/c1-2-6-15(7-3-1)16-14-24-18(21-16)23-11-5-10-22(12-13-23)17-19-8-4-9-20-17/h1-4,6-9,14H,5,10-13H2. The van der Waals surface area contributed by atoms with Crippen molar-refractivity contribution in [2.75, 3.05) is 36.0 Å². The first-order valence-electron chi connectivity index (χ1n) is 8.18. The Kier molecular flexibility index (Phi) is 4.38. The summed E-state index contributed by atoms with van der Waals surface area (Å²) < 4.78 is 0. The number of benzene rings is 1. The topological polar surface area (TPSA) is 45.2 Å². The van der Waals surface area contributed by atoms with Gasteiger partial charge in [0.2, 0.25) is 5.95 Å². The van der Waals surface area contributed by atoms with Crippen molar-refractivity contribution in [1.82, 2.24) is 15.0 Å². The minimum Gasteiger partial charge on any atom is -0.346 e. The Hall–Kier alpha value is -2.47. The molecule has 0 spiro atoms. The van der Waals surface area contributed by atoms with Gasteiger partial charge in [-0.3, -0.25) is 0 Å². The van der Waals surface area contributed by atoms with Crippen LogP contribution >= 0.6 is 11.3 Å². The molecule has 6 heteroatoms. The largest absolute Gasteiger partial charge is 0.346 e. The molecule has 1 aromatic carbocycles. The SMILES string of the molecule is c1ccc(-c2csc(N3CCCN(c4ncccn4)CC3)n2)cc1. The lowest BCUT2D eigenvalue weighted by atomic mass is 10.2. The molecule has 1 aliphatic heterocycles. The molecule has 0 radical (unpaired) electrons. The third-order valence-corrected chi connectivity index (χ3v) is 5.06. The second-order valence-electron chi connectivity index (χ2n) is 5.76. The molecular weight excluding hydrogens is 318 g/mol. The summed E-state index contributed by atoms with van der Waals surface area (Å²) in [5.41, 5.74) is 2.23. The van der Waals surface area contributed by atoms with E-state index < -0.39 is 0 Å². The van der Waals surface area contributed by atoms with Crippen LogP contribution in [0.25, 0.3) is 11.3 Å². The Morgan fingerprint density at radius 2 is 1.58 bits per heavy atom. The summed E-state index contributed by atoms with van der Waals surface area (Å²) in [7, 11) is 0. The number of hydrogen-bond acceptors (Lipinski definition) is 6. The Bertz CT molecular complexity index is 774. The molecule has 1 saturated heterocycles. The van der Waals surface area contributed by atoms with Crippen molar-refractivity contribution in [3.05, 3.63) is 54.2 Å². The average Bonchev–Trinajstić information content (AvgIpc) is 3.01. The van der Waals surface area contributed by atoms with E-state index in [0.29, 0.717) is 0 Å². The second-order valence-corrected chi connectivity index (χ2v) is 6.59. The normalized spacial score (nSPS) is 15.3. The zero-order valence-electron chi connectivity index (χ0n) is 13.4. The van der Waals surface area contributed by atoms with Gasteiger partial charge in [-0.1, -0.05) is 30.3 Å². The maximum absolute atomic E-state index is 4.84. The summed E-state index contributed by atoms with van der Waals surface area (Å²) in [5.74, 6) is 0.823. The maximum Gasteiger partial charge on any atom is 0.225 e. The van der Waals surface area contributed by atoms with Crippen molar-refractivity contribution < 1.29 is 0 Å². The molecule has 0 bridgehead atoms. The van der Waals surface area contributed by atoms with Gasteiger partial charge in [0.1, 0.15) is 0 Å². The smallest absolute Gasteiger partial charge is 0.225 e. The molecule has 0 saturated carbocycles. The van der Waals surface area contributed by atoms with Gasteiger partial charge < -0.3 is 9.80 Å². The van der Waals surface area contributed by atoms with E-state index in [9.17, 15) is 0 Å². The minimum absolute atomic E-state index is 0.823. The molecule has 122 valence electrons. The summed E-state index contributed by atoms with van der Waals surface area (Å²) in [6.45, 7) is 3.87. The van der Waals surface area contributed by atoms with Crippen LogP contribution in [0.4, 0.5) is 11.1 Å². The highest BCUT2D eigenvalue weighted by Gasteiger charge is 2.19. The lowest BCUT2D eigenvalue weighted by Crippen LogP contribution is -2.31. The molecule has 0 aliphatic carbocycles. The molecule has 0 N–H and O–H groups in total. The minimum atomic E-state index is 0.823.